The predicted molar refractivity (Wildman–Crippen MR) is 133 cm³/mol. The number of nitrogens with one attached hydrogen (secondary N) is 1. The third kappa shape index (κ3) is 7.12. The van der Waals surface area contributed by atoms with Gasteiger partial charge in [-0.25, -0.2) is 13.4 Å². The van der Waals surface area contributed by atoms with Gasteiger partial charge in [0.15, 0.2) is 0 Å². The van der Waals surface area contributed by atoms with Crippen LogP contribution in [0.1, 0.15) is 5.01 Å². The number of rotatable bonds is 10. The molecule has 178 valence electrons. The third-order valence-electron chi connectivity index (χ3n) is 5.57. The van der Waals surface area contributed by atoms with E-state index < -0.39 is 16.1 Å². The Bertz CT molecular complexity index is 1150. The molecule has 2 heterocycles. The predicted octanol–water partition coefficient (Wildman–Crippen LogP) is 2.40. The van der Waals surface area contributed by atoms with Crippen LogP contribution in [-0.2, 0) is 10.0 Å². The van der Waals surface area contributed by atoms with Gasteiger partial charge in [0.25, 0.3) is 0 Å². The summed E-state index contributed by atoms with van der Waals surface area (Å²) >= 11 is 1.65. The molecule has 4 rings (SSSR count). The van der Waals surface area contributed by atoms with Crippen LogP contribution in [0.5, 0.6) is 5.75 Å². The van der Waals surface area contributed by atoms with Gasteiger partial charge in [0.05, 0.1) is 21.0 Å². The number of thiazole rings is 1. The number of aliphatic hydroxyl groups is 1. The van der Waals surface area contributed by atoms with E-state index in [1.54, 1.807) is 35.6 Å². The highest BCUT2D eigenvalue weighted by Crippen LogP contribution is 2.25. The first-order valence-electron chi connectivity index (χ1n) is 11.0. The molecule has 2 aromatic carbocycles. The first-order valence-corrected chi connectivity index (χ1v) is 13.5. The number of nitrogens with zero attached hydrogens (tertiary/aromatic N) is 3. The van der Waals surface area contributed by atoms with Crippen molar-refractivity contribution in [1.82, 2.24) is 14.8 Å². The Morgan fingerprint density at radius 3 is 2.61 bits per heavy atom. The molecule has 0 saturated carbocycles. The Hall–Kier alpha value is -2.24. The number of anilines is 1. The summed E-state index contributed by atoms with van der Waals surface area (Å²) in [7, 11) is -3.38. The molecule has 1 fully saturated rings. The van der Waals surface area contributed by atoms with Gasteiger partial charge in [-0.2, -0.15) is 0 Å². The molecule has 8 nitrogen and oxygen atoms in total. The average molecular weight is 491 g/mol. The van der Waals surface area contributed by atoms with Crippen LogP contribution in [0.3, 0.4) is 0 Å². The Kier molecular flexibility index (Phi) is 7.82. The largest absolute Gasteiger partial charge is 0.491 e. The number of β-amino-alcohol motifs (C(OH)–C–C–N with tert-alkyl or cyclic N) is 1. The second-order valence-corrected chi connectivity index (χ2v) is 11.3. The SMILES string of the molecule is Cc1nc2cc(OCC(O)CN3CCN(CCS(=O)(=O)Nc4ccccc4)CC3)ccc2s1. The van der Waals surface area contributed by atoms with Crippen LogP contribution in [0.15, 0.2) is 48.5 Å². The molecule has 0 radical (unpaired) electrons. The van der Waals surface area contributed by atoms with E-state index in [2.05, 4.69) is 19.5 Å². The van der Waals surface area contributed by atoms with Crippen molar-refractivity contribution >= 4 is 37.3 Å². The number of fused-ring (bicyclic) bond motifs is 1. The van der Waals surface area contributed by atoms with Crippen LogP contribution in [0, 0.1) is 6.92 Å². The Morgan fingerprint density at radius 1 is 1.12 bits per heavy atom. The highest BCUT2D eigenvalue weighted by atomic mass is 32.2. The first kappa shape index (κ1) is 23.9. The van der Waals surface area contributed by atoms with E-state index in [0.717, 1.165) is 41.4 Å². The Labute approximate surface area is 198 Å². The molecule has 3 aromatic rings. The number of benzene rings is 2. The van der Waals surface area contributed by atoms with E-state index in [0.29, 0.717) is 24.5 Å². The van der Waals surface area contributed by atoms with E-state index in [1.807, 2.05) is 31.2 Å². The molecule has 1 aliphatic heterocycles. The molecule has 0 aliphatic carbocycles. The van der Waals surface area contributed by atoms with Gasteiger partial charge in [0.1, 0.15) is 18.5 Å². The van der Waals surface area contributed by atoms with Crippen molar-refractivity contribution in [3.63, 3.8) is 0 Å². The van der Waals surface area contributed by atoms with Gasteiger partial charge >= 0.3 is 0 Å². The number of hydrogen-bond donors (Lipinski definition) is 2. The fraction of sp³-hybridized carbons (Fsp3) is 0.435. The van der Waals surface area contributed by atoms with Crippen molar-refractivity contribution < 1.29 is 18.3 Å². The molecule has 2 N–H and O–H groups in total. The third-order valence-corrected chi connectivity index (χ3v) is 7.78. The van der Waals surface area contributed by atoms with E-state index in [1.165, 1.54) is 0 Å². The van der Waals surface area contributed by atoms with Crippen molar-refractivity contribution in [2.75, 3.05) is 56.4 Å². The zero-order valence-corrected chi connectivity index (χ0v) is 20.3. The maximum atomic E-state index is 12.3. The van der Waals surface area contributed by atoms with Crippen LogP contribution >= 0.6 is 11.3 Å². The molecule has 1 unspecified atom stereocenters. The highest BCUT2D eigenvalue weighted by Gasteiger charge is 2.21. The minimum absolute atomic E-state index is 0.0568. The number of piperazine rings is 1. The number of aromatic nitrogens is 1. The number of sulfonamides is 1. The lowest BCUT2D eigenvalue weighted by atomic mass is 10.2. The van der Waals surface area contributed by atoms with Crippen LogP contribution in [0.4, 0.5) is 5.69 Å². The molecule has 0 bridgehead atoms. The summed E-state index contributed by atoms with van der Waals surface area (Å²) in [5.41, 5.74) is 1.50. The fourth-order valence-electron chi connectivity index (χ4n) is 3.84. The summed E-state index contributed by atoms with van der Waals surface area (Å²) in [5, 5.41) is 11.4. The topological polar surface area (TPSA) is 95.0 Å². The minimum Gasteiger partial charge on any atom is -0.491 e. The normalized spacial score (nSPS) is 16.7. The van der Waals surface area contributed by atoms with Crippen molar-refractivity contribution in [2.24, 2.45) is 0 Å². The summed E-state index contributed by atoms with van der Waals surface area (Å²) in [4.78, 5) is 8.81. The van der Waals surface area contributed by atoms with Crippen molar-refractivity contribution in [2.45, 2.75) is 13.0 Å². The summed E-state index contributed by atoms with van der Waals surface area (Å²) in [6.45, 7) is 6.33. The molecule has 33 heavy (non-hydrogen) atoms. The average Bonchev–Trinajstić information content (AvgIpc) is 3.17. The molecule has 1 aromatic heterocycles. The monoisotopic (exact) mass is 490 g/mol. The number of aryl methyl sites for hydroxylation is 1. The zero-order valence-electron chi connectivity index (χ0n) is 18.7. The van der Waals surface area contributed by atoms with Gasteiger partial charge in [-0.3, -0.25) is 14.5 Å². The number of ether oxygens (including phenoxy) is 1. The molecule has 10 heteroatoms. The molecule has 0 spiro atoms. The van der Waals surface area contributed by atoms with Gasteiger partial charge in [-0.15, -0.1) is 11.3 Å². The smallest absolute Gasteiger partial charge is 0.233 e. The Morgan fingerprint density at radius 2 is 1.85 bits per heavy atom. The second-order valence-electron chi connectivity index (χ2n) is 8.26. The molecule has 1 atom stereocenters. The fourth-order valence-corrected chi connectivity index (χ4v) is 5.74. The number of para-hydroxylation sites is 1. The van der Waals surface area contributed by atoms with Gasteiger partial charge in [0, 0.05) is 51.0 Å². The van der Waals surface area contributed by atoms with Crippen molar-refractivity contribution in [3.05, 3.63) is 53.5 Å². The van der Waals surface area contributed by atoms with Crippen LogP contribution in [-0.4, -0.2) is 86.0 Å². The summed E-state index contributed by atoms with van der Waals surface area (Å²) < 4.78 is 34.2. The maximum Gasteiger partial charge on any atom is 0.233 e. The van der Waals surface area contributed by atoms with E-state index in [-0.39, 0.29) is 12.4 Å². The number of aliphatic hydroxyl groups excluding tert-OH is 1. The molecule has 0 amide bonds. The molecular formula is C23H30N4O4S2. The first-order chi connectivity index (χ1) is 15.9. The summed E-state index contributed by atoms with van der Waals surface area (Å²) in [5.74, 6) is 0.767. The Balaban J connectivity index is 1.15. The zero-order chi connectivity index (χ0) is 23.3. The van der Waals surface area contributed by atoms with Crippen LogP contribution < -0.4 is 9.46 Å². The lowest BCUT2D eigenvalue weighted by molar-refractivity contribution is 0.0472. The van der Waals surface area contributed by atoms with Gasteiger partial charge < -0.3 is 9.84 Å². The maximum absolute atomic E-state index is 12.3. The van der Waals surface area contributed by atoms with E-state index in [4.69, 9.17) is 4.74 Å². The minimum atomic E-state index is -3.38. The van der Waals surface area contributed by atoms with Gasteiger partial charge in [-0.1, -0.05) is 18.2 Å². The summed E-state index contributed by atoms with van der Waals surface area (Å²) in [6.07, 6.45) is -0.597. The quantitative estimate of drug-likeness (QED) is 0.451. The highest BCUT2D eigenvalue weighted by molar-refractivity contribution is 7.92. The number of hydrogen-bond acceptors (Lipinski definition) is 8. The standard InChI is InChI=1S/C23H30N4O4S2/c1-18-24-22-15-21(7-8-23(22)32-18)31-17-20(28)16-27-11-9-26(10-12-27)13-14-33(29,30)25-19-5-3-2-4-6-19/h2-8,15,20,25,28H,9-14,16-17H2,1H3. The van der Waals surface area contributed by atoms with E-state index >= 15 is 0 Å². The van der Waals surface area contributed by atoms with Crippen LogP contribution in [0.25, 0.3) is 10.2 Å². The molecular weight excluding hydrogens is 460 g/mol. The molecule has 1 saturated heterocycles. The molecule has 1 aliphatic rings. The lowest BCUT2D eigenvalue weighted by Gasteiger charge is -2.35. The van der Waals surface area contributed by atoms with E-state index in [9.17, 15) is 13.5 Å². The van der Waals surface area contributed by atoms with Gasteiger partial charge in [0.2, 0.25) is 10.0 Å². The lowest BCUT2D eigenvalue weighted by Crippen LogP contribution is -2.50. The van der Waals surface area contributed by atoms with Crippen molar-refractivity contribution in [3.8, 4) is 5.75 Å². The second kappa shape index (κ2) is 10.8. The summed E-state index contributed by atoms with van der Waals surface area (Å²) in [6, 6.07) is 14.7. The van der Waals surface area contributed by atoms with Crippen molar-refractivity contribution in [1.29, 1.82) is 0 Å². The van der Waals surface area contributed by atoms with Gasteiger partial charge in [-0.05, 0) is 31.2 Å². The van der Waals surface area contributed by atoms with Crippen LogP contribution in [0.2, 0.25) is 0 Å².